The summed E-state index contributed by atoms with van der Waals surface area (Å²) >= 11 is 0. The van der Waals surface area contributed by atoms with Gasteiger partial charge in [0.25, 0.3) is 0 Å². The fraction of sp³-hybridized carbons (Fsp3) is 0.562. The van der Waals surface area contributed by atoms with Gasteiger partial charge in [-0.3, -0.25) is 4.90 Å². The van der Waals surface area contributed by atoms with Gasteiger partial charge in [0.05, 0.1) is 0 Å². The number of nitriles is 1. The first-order valence-electron chi connectivity index (χ1n) is 7.57. The molecule has 2 fully saturated rings. The standard InChI is InChI=1S/C16H20FN3O.2ClH/c17-14-4-3-12(16(21)13(14)10-18)15(9-11-1-2-11)20-7-5-19-6-8-20;;/h3-4,11,15,19,21H,1-2,5-9H2;2*1H/t15-;;/m1../s1. The quantitative estimate of drug-likeness (QED) is 0.865. The molecule has 23 heavy (non-hydrogen) atoms. The number of nitrogens with zero attached hydrogens (tertiary/aromatic N) is 2. The number of phenols is 1. The van der Waals surface area contributed by atoms with E-state index in [1.807, 2.05) is 0 Å². The Morgan fingerprint density at radius 3 is 2.52 bits per heavy atom. The Bertz CT molecular complexity index is 569. The number of phenolic OH excluding ortho intramolecular Hbond substituents is 1. The number of rotatable bonds is 4. The van der Waals surface area contributed by atoms with Gasteiger partial charge in [-0.15, -0.1) is 24.8 Å². The van der Waals surface area contributed by atoms with Crippen LogP contribution < -0.4 is 5.32 Å². The fourth-order valence-corrected chi connectivity index (χ4v) is 3.09. The number of halogens is 3. The van der Waals surface area contributed by atoms with E-state index >= 15 is 0 Å². The monoisotopic (exact) mass is 361 g/mol. The molecule has 1 saturated carbocycles. The van der Waals surface area contributed by atoms with Crippen LogP contribution in [0.3, 0.4) is 0 Å². The van der Waals surface area contributed by atoms with Crippen molar-refractivity contribution in [2.45, 2.75) is 25.3 Å². The van der Waals surface area contributed by atoms with Gasteiger partial charge in [0.15, 0.2) is 0 Å². The molecule has 4 nitrogen and oxygen atoms in total. The van der Waals surface area contributed by atoms with E-state index in [1.165, 1.54) is 18.9 Å². The highest BCUT2D eigenvalue weighted by Crippen LogP contribution is 2.43. The molecule has 1 atom stereocenters. The molecule has 3 rings (SSSR count). The normalized spacial score (nSPS) is 19.1. The minimum atomic E-state index is -0.649. The molecule has 7 heteroatoms. The lowest BCUT2D eigenvalue weighted by molar-refractivity contribution is 0.158. The molecule has 0 amide bonds. The lowest BCUT2D eigenvalue weighted by atomic mass is 9.95. The third-order valence-electron chi connectivity index (χ3n) is 4.47. The van der Waals surface area contributed by atoms with E-state index in [2.05, 4.69) is 10.2 Å². The highest BCUT2D eigenvalue weighted by molar-refractivity contribution is 5.85. The summed E-state index contributed by atoms with van der Waals surface area (Å²) in [4.78, 5) is 2.34. The molecule has 0 unspecified atom stereocenters. The third-order valence-corrected chi connectivity index (χ3v) is 4.47. The van der Waals surface area contributed by atoms with Gasteiger partial charge < -0.3 is 10.4 Å². The zero-order chi connectivity index (χ0) is 14.8. The van der Waals surface area contributed by atoms with Crippen LogP contribution in [0.4, 0.5) is 4.39 Å². The molecule has 0 aromatic heterocycles. The molecule has 1 heterocycles. The lowest BCUT2D eigenvalue weighted by Gasteiger charge is -2.35. The Morgan fingerprint density at radius 2 is 1.96 bits per heavy atom. The van der Waals surface area contributed by atoms with Crippen LogP contribution >= 0.6 is 24.8 Å². The van der Waals surface area contributed by atoms with Crippen LogP contribution in [0.5, 0.6) is 5.75 Å². The van der Waals surface area contributed by atoms with E-state index in [0.29, 0.717) is 11.5 Å². The van der Waals surface area contributed by atoms with Gasteiger partial charge in [-0.25, -0.2) is 4.39 Å². The zero-order valence-corrected chi connectivity index (χ0v) is 14.4. The molecule has 1 aliphatic heterocycles. The van der Waals surface area contributed by atoms with E-state index in [1.54, 1.807) is 12.1 Å². The first kappa shape index (κ1) is 20.0. The van der Waals surface area contributed by atoms with Crippen molar-refractivity contribution in [3.8, 4) is 11.8 Å². The van der Waals surface area contributed by atoms with E-state index in [0.717, 1.165) is 32.6 Å². The van der Waals surface area contributed by atoms with Gasteiger partial charge in [0.1, 0.15) is 23.2 Å². The van der Waals surface area contributed by atoms with Crippen LogP contribution in [0, 0.1) is 23.1 Å². The van der Waals surface area contributed by atoms with Crippen LogP contribution in [-0.2, 0) is 0 Å². The van der Waals surface area contributed by atoms with Crippen LogP contribution in [0.25, 0.3) is 0 Å². The molecule has 1 aromatic rings. The number of nitrogens with one attached hydrogen (secondary N) is 1. The number of benzene rings is 1. The Kier molecular flexibility index (Phi) is 7.56. The van der Waals surface area contributed by atoms with Crippen LogP contribution in [0.2, 0.25) is 0 Å². The summed E-state index contributed by atoms with van der Waals surface area (Å²) in [6.07, 6.45) is 3.44. The molecular weight excluding hydrogens is 340 g/mol. The summed E-state index contributed by atoms with van der Waals surface area (Å²) in [6.45, 7) is 3.68. The van der Waals surface area contributed by atoms with Crippen LogP contribution in [0.15, 0.2) is 12.1 Å². The molecule has 2 aliphatic rings. The smallest absolute Gasteiger partial charge is 0.144 e. The molecule has 0 spiro atoms. The average Bonchev–Trinajstić information content (AvgIpc) is 3.31. The van der Waals surface area contributed by atoms with E-state index in [9.17, 15) is 9.50 Å². The van der Waals surface area contributed by atoms with Gasteiger partial charge in [-0.1, -0.05) is 18.9 Å². The first-order chi connectivity index (χ1) is 10.2. The Morgan fingerprint density at radius 1 is 1.30 bits per heavy atom. The number of hydrogen-bond donors (Lipinski definition) is 2. The van der Waals surface area contributed by atoms with Gasteiger partial charge >= 0.3 is 0 Å². The topological polar surface area (TPSA) is 59.3 Å². The number of hydrogen-bond acceptors (Lipinski definition) is 4. The second kappa shape index (κ2) is 8.70. The minimum Gasteiger partial charge on any atom is -0.506 e. The van der Waals surface area contributed by atoms with Gasteiger partial charge in [-0.2, -0.15) is 5.26 Å². The Hall–Kier alpha value is -1.06. The summed E-state index contributed by atoms with van der Waals surface area (Å²) in [6, 6.07) is 4.79. The number of piperazine rings is 1. The maximum absolute atomic E-state index is 13.6. The fourth-order valence-electron chi connectivity index (χ4n) is 3.09. The van der Waals surface area contributed by atoms with E-state index in [-0.39, 0.29) is 42.2 Å². The molecule has 128 valence electrons. The van der Waals surface area contributed by atoms with Crippen molar-refractivity contribution in [2.75, 3.05) is 26.2 Å². The molecule has 1 aliphatic carbocycles. The predicted octanol–water partition coefficient (Wildman–Crippen LogP) is 2.99. The highest BCUT2D eigenvalue weighted by atomic mass is 35.5. The van der Waals surface area contributed by atoms with Gasteiger partial charge in [-0.05, 0) is 18.4 Å². The van der Waals surface area contributed by atoms with Crippen LogP contribution in [-0.4, -0.2) is 36.2 Å². The van der Waals surface area contributed by atoms with Crippen molar-refractivity contribution in [3.63, 3.8) is 0 Å². The molecular formula is C16H22Cl2FN3O. The second-order valence-corrected chi connectivity index (χ2v) is 5.95. The molecule has 0 bridgehead atoms. The maximum atomic E-state index is 13.6. The summed E-state index contributed by atoms with van der Waals surface area (Å²) in [5.41, 5.74) is 0.463. The van der Waals surface area contributed by atoms with Crippen molar-refractivity contribution in [3.05, 3.63) is 29.1 Å². The van der Waals surface area contributed by atoms with Crippen molar-refractivity contribution in [2.24, 2.45) is 5.92 Å². The predicted molar refractivity (Wildman–Crippen MR) is 91.8 cm³/mol. The summed E-state index contributed by atoms with van der Waals surface area (Å²) in [5, 5.41) is 22.7. The zero-order valence-electron chi connectivity index (χ0n) is 12.8. The van der Waals surface area contributed by atoms with Gasteiger partial charge in [0, 0.05) is 37.8 Å². The Balaban J connectivity index is 0.00000132. The molecule has 1 saturated heterocycles. The van der Waals surface area contributed by atoms with E-state index < -0.39 is 5.82 Å². The van der Waals surface area contributed by atoms with Crippen LogP contribution in [0.1, 0.15) is 36.4 Å². The third kappa shape index (κ3) is 4.48. The van der Waals surface area contributed by atoms with E-state index in [4.69, 9.17) is 5.26 Å². The average molecular weight is 362 g/mol. The molecule has 1 aromatic carbocycles. The maximum Gasteiger partial charge on any atom is 0.144 e. The second-order valence-electron chi connectivity index (χ2n) is 5.95. The lowest BCUT2D eigenvalue weighted by Crippen LogP contribution is -2.45. The molecule has 0 radical (unpaired) electrons. The molecule has 2 N–H and O–H groups in total. The van der Waals surface area contributed by atoms with Crippen molar-refractivity contribution < 1.29 is 9.50 Å². The Labute approximate surface area is 148 Å². The van der Waals surface area contributed by atoms with Crippen molar-refractivity contribution >= 4 is 24.8 Å². The summed E-state index contributed by atoms with van der Waals surface area (Å²) in [5.74, 6) is -0.134. The van der Waals surface area contributed by atoms with Crippen molar-refractivity contribution in [1.82, 2.24) is 10.2 Å². The number of aromatic hydroxyl groups is 1. The largest absolute Gasteiger partial charge is 0.506 e. The minimum absolute atomic E-state index is 0. The van der Waals surface area contributed by atoms with Crippen molar-refractivity contribution in [1.29, 1.82) is 5.26 Å². The summed E-state index contributed by atoms with van der Waals surface area (Å²) in [7, 11) is 0. The summed E-state index contributed by atoms with van der Waals surface area (Å²) < 4.78 is 13.6. The highest BCUT2D eigenvalue weighted by Gasteiger charge is 2.32. The first-order valence-corrected chi connectivity index (χ1v) is 7.57. The van der Waals surface area contributed by atoms with Gasteiger partial charge in [0.2, 0.25) is 0 Å². The SMILES string of the molecule is Cl.Cl.N#Cc1c(F)ccc([C@@H](CC2CC2)N2CCNCC2)c1O.